The molecule has 142 valence electrons. The predicted molar refractivity (Wildman–Crippen MR) is 101 cm³/mol. The average Bonchev–Trinajstić information content (AvgIpc) is 3.21. The van der Waals surface area contributed by atoms with Crippen LogP contribution >= 0.6 is 0 Å². The first-order valence-electron chi connectivity index (χ1n) is 8.60. The van der Waals surface area contributed by atoms with Crippen molar-refractivity contribution in [2.75, 3.05) is 18.7 Å². The first-order valence-corrected chi connectivity index (χ1v) is 8.60. The third-order valence-electron chi connectivity index (χ3n) is 4.27. The number of hydrogen-bond donors (Lipinski definition) is 2. The summed E-state index contributed by atoms with van der Waals surface area (Å²) in [5.74, 6) is 0.166. The van der Waals surface area contributed by atoms with E-state index in [1.807, 2.05) is 19.1 Å². The summed E-state index contributed by atoms with van der Waals surface area (Å²) < 4.78 is 10.5. The van der Waals surface area contributed by atoms with Gasteiger partial charge >= 0.3 is 6.03 Å². The molecule has 0 aromatic heterocycles. The van der Waals surface area contributed by atoms with Crippen LogP contribution in [0.4, 0.5) is 10.5 Å². The molecule has 4 rings (SSSR count). The molecule has 8 heteroatoms. The average molecular weight is 379 g/mol. The number of nitrogens with zero attached hydrogens (tertiary/aromatic N) is 1. The van der Waals surface area contributed by atoms with Crippen molar-refractivity contribution in [3.8, 4) is 11.5 Å². The Hall–Kier alpha value is -3.81. The predicted octanol–water partition coefficient (Wildman–Crippen LogP) is 2.26. The molecule has 28 heavy (non-hydrogen) atoms. The Labute approximate surface area is 160 Å². The molecule has 2 aliphatic rings. The third kappa shape index (κ3) is 3.52. The number of benzene rings is 2. The number of rotatable bonds is 4. The molecule has 1 fully saturated rings. The zero-order chi connectivity index (χ0) is 19.7. The number of ether oxygens (including phenoxy) is 2. The first-order chi connectivity index (χ1) is 13.5. The minimum absolute atomic E-state index is 0.0900. The van der Waals surface area contributed by atoms with Crippen molar-refractivity contribution >= 4 is 29.6 Å². The van der Waals surface area contributed by atoms with Gasteiger partial charge in [0, 0.05) is 5.69 Å². The van der Waals surface area contributed by atoms with Gasteiger partial charge in [0.25, 0.3) is 5.91 Å². The summed E-state index contributed by atoms with van der Waals surface area (Å²) in [5.41, 5.74) is 2.35. The monoisotopic (exact) mass is 379 g/mol. The number of amides is 4. The van der Waals surface area contributed by atoms with Crippen molar-refractivity contribution in [3.05, 3.63) is 59.3 Å². The number of carbonyl (C=O) groups excluding carboxylic acids is 3. The lowest BCUT2D eigenvalue weighted by Gasteiger charge is -2.12. The van der Waals surface area contributed by atoms with E-state index in [4.69, 9.17) is 9.47 Å². The zero-order valence-corrected chi connectivity index (χ0v) is 15.0. The van der Waals surface area contributed by atoms with E-state index in [2.05, 4.69) is 10.6 Å². The van der Waals surface area contributed by atoms with Crippen LogP contribution in [0.25, 0.3) is 6.08 Å². The second-order valence-corrected chi connectivity index (χ2v) is 6.41. The highest BCUT2D eigenvalue weighted by Gasteiger charge is 2.35. The van der Waals surface area contributed by atoms with Crippen LogP contribution < -0.4 is 20.1 Å². The molecule has 8 nitrogen and oxygen atoms in total. The molecule has 4 amide bonds. The van der Waals surface area contributed by atoms with Gasteiger partial charge in [-0.15, -0.1) is 0 Å². The number of urea groups is 1. The van der Waals surface area contributed by atoms with Crippen LogP contribution in [0.2, 0.25) is 0 Å². The second-order valence-electron chi connectivity index (χ2n) is 6.41. The summed E-state index contributed by atoms with van der Waals surface area (Å²) in [5, 5.41) is 5.18. The molecule has 2 aromatic rings. The normalized spacial score (nSPS) is 16.5. The van der Waals surface area contributed by atoms with Crippen LogP contribution in [0.5, 0.6) is 11.5 Å². The van der Waals surface area contributed by atoms with Crippen molar-refractivity contribution in [2.45, 2.75) is 6.92 Å². The molecule has 2 heterocycles. The highest BCUT2D eigenvalue weighted by atomic mass is 16.7. The van der Waals surface area contributed by atoms with Crippen molar-refractivity contribution in [2.24, 2.45) is 0 Å². The molecule has 0 atom stereocenters. The maximum absolute atomic E-state index is 12.5. The highest BCUT2D eigenvalue weighted by Crippen LogP contribution is 2.33. The van der Waals surface area contributed by atoms with E-state index < -0.39 is 17.8 Å². The van der Waals surface area contributed by atoms with Gasteiger partial charge in [0.05, 0.1) is 0 Å². The van der Waals surface area contributed by atoms with Crippen LogP contribution in [0.1, 0.15) is 11.1 Å². The molecule has 0 aliphatic carbocycles. The summed E-state index contributed by atoms with van der Waals surface area (Å²) in [4.78, 5) is 37.8. The van der Waals surface area contributed by atoms with E-state index in [1.54, 1.807) is 30.3 Å². The van der Waals surface area contributed by atoms with Gasteiger partial charge < -0.3 is 20.1 Å². The third-order valence-corrected chi connectivity index (χ3v) is 4.27. The largest absolute Gasteiger partial charge is 0.454 e. The van der Waals surface area contributed by atoms with Crippen molar-refractivity contribution in [1.29, 1.82) is 0 Å². The molecule has 0 saturated carbocycles. The molecule has 2 N–H and O–H groups in total. The lowest BCUT2D eigenvalue weighted by molar-refractivity contribution is -0.127. The van der Waals surface area contributed by atoms with E-state index in [1.165, 1.54) is 6.08 Å². The molecule has 2 aliphatic heterocycles. The number of nitrogens with one attached hydrogen (secondary N) is 2. The Balaban J connectivity index is 1.45. The van der Waals surface area contributed by atoms with Crippen LogP contribution in [-0.4, -0.2) is 36.1 Å². The molecule has 2 aromatic carbocycles. The Morgan fingerprint density at radius 3 is 2.82 bits per heavy atom. The minimum atomic E-state index is -0.642. The Bertz CT molecular complexity index is 1010. The van der Waals surface area contributed by atoms with Gasteiger partial charge in [-0.05, 0) is 48.4 Å². The second kappa shape index (κ2) is 7.07. The van der Waals surface area contributed by atoms with E-state index in [0.29, 0.717) is 22.7 Å². The lowest BCUT2D eigenvalue weighted by Crippen LogP contribution is -2.38. The molecule has 0 radical (unpaired) electrons. The van der Waals surface area contributed by atoms with Crippen LogP contribution in [0, 0.1) is 6.92 Å². The fourth-order valence-electron chi connectivity index (χ4n) is 2.95. The number of fused-ring (bicyclic) bond motifs is 1. The number of aryl methyl sites for hydroxylation is 1. The van der Waals surface area contributed by atoms with Gasteiger partial charge in [-0.25, -0.2) is 9.69 Å². The summed E-state index contributed by atoms with van der Waals surface area (Å²) in [6.07, 6.45) is 1.53. The Kier molecular flexibility index (Phi) is 4.44. The Morgan fingerprint density at radius 1 is 1.18 bits per heavy atom. The number of imide groups is 1. The van der Waals surface area contributed by atoms with E-state index in [-0.39, 0.29) is 19.0 Å². The number of carbonyl (C=O) groups is 3. The fourth-order valence-corrected chi connectivity index (χ4v) is 2.95. The Morgan fingerprint density at radius 2 is 2.00 bits per heavy atom. The van der Waals surface area contributed by atoms with Gasteiger partial charge in [0.1, 0.15) is 12.2 Å². The van der Waals surface area contributed by atoms with Crippen LogP contribution in [0.3, 0.4) is 0 Å². The summed E-state index contributed by atoms with van der Waals surface area (Å²) in [6.45, 7) is 1.67. The maximum Gasteiger partial charge on any atom is 0.329 e. The number of anilines is 1. The molecule has 0 unspecified atom stereocenters. The van der Waals surface area contributed by atoms with Crippen molar-refractivity contribution in [1.82, 2.24) is 10.2 Å². The topological polar surface area (TPSA) is 97.0 Å². The fraction of sp³-hybridized carbons (Fsp3) is 0.150. The van der Waals surface area contributed by atoms with E-state index in [0.717, 1.165) is 10.5 Å². The molecular formula is C20H17N3O5. The van der Waals surface area contributed by atoms with Gasteiger partial charge in [-0.2, -0.15) is 0 Å². The smallest absolute Gasteiger partial charge is 0.329 e. The molecular weight excluding hydrogens is 362 g/mol. The molecule has 1 saturated heterocycles. The van der Waals surface area contributed by atoms with Gasteiger partial charge in [0.2, 0.25) is 12.7 Å². The number of hydrogen-bond acceptors (Lipinski definition) is 5. The molecule has 0 spiro atoms. The van der Waals surface area contributed by atoms with Crippen molar-refractivity contribution < 1.29 is 23.9 Å². The van der Waals surface area contributed by atoms with Gasteiger partial charge in [-0.3, -0.25) is 9.59 Å². The van der Waals surface area contributed by atoms with Gasteiger partial charge in [-0.1, -0.05) is 18.2 Å². The summed E-state index contributed by atoms with van der Waals surface area (Å²) in [6, 6.07) is 11.8. The SMILES string of the molecule is Cc1cccc(NC(=O)CN2C(=O)N/C(=C\c3ccc4c(c3)OCO4)C2=O)c1. The first kappa shape index (κ1) is 17.6. The standard InChI is InChI=1S/C20H17N3O5/c1-12-3-2-4-14(7-12)21-18(24)10-23-19(25)15(22-20(23)26)8-13-5-6-16-17(9-13)28-11-27-16/h2-9H,10-11H2,1H3,(H,21,24)(H,22,26)/b15-8-. The lowest BCUT2D eigenvalue weighted by atomic mass is 10.1. The van der Waals surface area contributed by atoms with E-state index in [9.17, 15) is 14.4 Å². The summed E-state index contributed by atoms with van der Waals surface area (Å²) in [7, 11) is 0. The van der Waals surface area contributed by atoms with E-state index >= 15 is 0 Å². The zero-order valence-electron chi connectivity index (χ0n) is 15.0. The highest BCUT2D eigenvalue weighted by molar-refractivity contribution is 6.15. The van der Waals surface area contributed by atoms with Crippen LogP contribution in [0.15, 0.2) is 48.2 Å². The van der Waals surface area contributed by atoms with Crippen LogP contribution in [-0.2, 0) is 9.59 Å². The minimum Gasteiger partial charge on any atom is -0.454 e. The van der Waals surface area contributed by atoms with Gasteiger partial charge in [0.15, 0.2) is 11.5 Å². The quantitative estimate of drug-likeness (QED) is 0.627. The maximum atomic E-state index is 12.5. The molecule has 0 bridgehead atoms. The van der Waals surface area contributed by atoms with Crippen molar-refractivity contribution in [3.63, 3.8) is 0 Å². The summed E-state index contributed by atoms with van der Waals surface area (Å²) >= 11 is 0.